The molecule has 148 valence electrons. The molecule has 2 heterocycles. The molecule has 0 aliphatic carbocycles. The predicted molar refractivity (Wildman–Crippen MR) is 111 cm³/mol. The molecule has 6 heteroatoms. The average molecular weight is 388 g/mol. The van der Waals surface area contributed by atoms with Crippen molar-refractivity contribution in [1.82, 2.24) is 14.9 Å². The number of nitriles is 1. The van der Waals surface area contributed by atoms with E-state index in [0.717, 1.165) is 47.1 Å². The minimum absolute atomic E-state index is 0.0752. The number of Topliss-reactive ketones (excluding diaryl/α,β-unsaturated/α-hetero) is 1. The minimum Gasteiger partial charge on any atom is -0.391 e. The van der Waals surface area contributed by atoms with Crippen molar-refractivity contribution in [2.45, 2.75) is 44.9 Å². The van der Waals surface area contributed by atoms with Gasteiger partial charge in [0.05, 0.1) is 41.6 Å². The van der Waals surface area contributed by atoms with Gasteiger partial charge in [-0.2, -0.15) is 5.26 Å². The number of hydrogen-bond acceptors (Lipinski definition) is 5. The van der Waals surface area contributed by atoms with E-state index < -0.39 is 6.10 Å². The van der Waals surface area contributed by atoms with Crippen molar-refractivity contribution in [3.63, 3.8) is 0 Å². The maximum absolute atomic E-state index is 12.6. The minimum atomic E-state index is -0.457. The summed E-state index contributed by atoms with van der Waals surface area (Å²) in [5.74, 6) is 0.0752. The van der Waals surface area contributed by atoms with Crippen LogP contribution in [-0.2, 0) is 11.3 Å². The third-order valence-corrected chi connectivity index (χ3v) is 5.69. The van der Waals surface area contributed by atoms with Gasteiger partial charge >= 0.3 is 0 Å². The fourth-order valence-electron chi connectivity index (χ4n) is 4.11. The van der Waals surface area contributed by atoms with Crippen molar-refractivity contribution >= 4 is 16.8 Å². The molecule has 1 saturated heterocycles. The Kier molecular flexibility index (Phi) is 5.43. The highest BCUT2D eigenvalue weighted by Crippen LogP contribution is 2.29. The molecule has 29 heavy (non-hydrogen) atoms. The summed E-state index contributed by atoms with van der Waals surface area (Å²) in [5.41, 5.74) is 5.42. The van der Waals surface area contributed by atoms with Crippen LogP contribution in [0.3, 0.4) is 0 Å². The summed E-state index contributed by atoms with van der Waals surface area (Å²) in [6, 6.07) is 13.5. The lowest BCUT2D eigenvalue weighted by atomic mass is 9.96. The van der Waals surface area contributed by atoms with E-state index >= 15 is 0 Å². The number of rotatable bonds is 5. The monoisotopic (exact) mass is 388 g/mol. The van der Waals surface area contributed by atoms with Crippen LogP contribution < -0.4 is 5.32 Å². The smallest absolute Gasteiger partial charge is 0.154 e. The molecule has 4 rings (SSSR count). The van der Waals surface area contributed by atoms with Crippen LogP contribution in [0.4, 0.5) is 0 Å². The maximum atomic E-state index is 12.6. The first-order valence-electron chi connectivity index (χ1n) is 9.95. The number of hydrogen-bond donors (Lipinski definition) is 2. The molecular formula is C23H24N4O2. The Balaban J connectivity index is 1.57. The van der Waals surface area contributed by atoms with Gasteiger partial charge in [0.25, 0.3) is 0 Å². The van der Waals surface area contributed by atoms with Crippen LogP contribution in [-0.4, -0.2) is 39.1 Å². The molecule has 6 nitrogen and oxygen atoms in total. The molecule has 0 spiro atoms. The van der Waals surface area contributed by atoms with E-state index in [2.05, 4.69) is 16.4 Å². The van der Waals surface area contributed by atoms with E-state index in [1.54, 1.807) is 12.4 Å². The number of imidazole rings is 1. The topological polar surface area (TPSA) is 90.9 Å². The van der Waals surface area contributed by atoms with Gasteiger partial charge in [0.15, 0.2) is 5.78 Å². The zero-order valence-corrected chi connectivity index (χ0v) is 16.4. The summed E-state index contributed by atoms with van der Waals surface area (Å²) < 4.78 is 1.87. The average Bonchev–Trinajstić information content (AvgIpc) is 3.13. The Labute approximate surface area is 169 Å². The Bertz CT molecular complexity index is 1100. The summed E-state index contributed by atoms with van der Waals surface area (Å²) in [4.78, 5) is 17.1. The number of piperidine rings is 1. The second-order valence-electron chi connectivity index (χ2n) is 7.68. The van der Waals surface area contributed by atoms with E-state index in [9.17, 15) is 9.90 Å². The lowest BCUT2D eigenvalue weighted by Gasteiger charge is -2.28. The zero-order chi connectivity index (χ0) is 20.4. The van der Waals surface area contributed by atoms with Crippen molar-refractivity contribution in [1.29, 1.82) is 5.26 Å². The number of fused-ring (bicyclic) bond motifs is 1. The summed E-state index contributed by atoms with van der Waals surface area (Å²) in [5, 5.41) is 22.5. The molecule has 2 N–H and O–H groups in total. The van der Waals surface area contributed by atoms with E-state index in [1.165, 1.54) is 0 Å². The van der Waals surface area contributed by atoms with Gasteiger partial charge in [-0.05, 0) is 61.2 Å². The Hall–Kier alpha value is -3.01. The van der Waals surface area contributed by atoms with Crippen molar-refractivity contribution < 1.29 is 9.90 Å². The molecule has 1 aliphatic rings. The van der Waals surface area contributed by atoms with E-state index in [0.29, 0.717) is 12.0 Å². The number of aliphatic hydroxyl groups excluding tert-OH is 1. The first kappa shape index (κ1) is 19.3. The molecule has 1 fully saturated rings. The number of benzene rings is 2. The summed E-state index contributed by atoms with van der Waals surface area (Å²) in [6.07, 6.45) is 3.25. The van der Waals surface area contributed by atoms with Crippen LogP contribution in [0.5, 0.6) is 0 Å². The normalized spacial score (nSPS) is 19.2. The first-order valence-corrected chi connectivity index (χ1v) is 9.95. The van der Waals surface area contributed by atoms with Crippen LogP contribution in [0.2, 0.25) is 0 Å². The quantitative estimate of drug-likeness (QED) is 0.701. The lowest BCUT2D eigenvalue weighted by molar-refractivity contribution is -0.121. The molecule has 2 atom stereocenters. The summed E-state index contributed by atoms with van der Waals surface area (Å²) in [6.45, 7) is 3.10. The fraction of sp³-hybridized carbons (Fsp3) is 0.348. The van der Waals surface area contributed by atoms with Crippen molar-refractivity contribution in [3.8, 4) is 17.2 Å². The second-order valence-corrected chi connectivity index (χ2v) is 7.68. The van der Waals surface area contributed by atoms with E-state index in [-0.39, 0.29) is 18.4 Å². The van der Waals surface area contributed by atoms with Gasteiger partial charge in [-0.3, -0.25) is 4.79 Å². The number of carbonyl (C=O) groups is 1. The maximum Gasteiger partial charge on any atom is 0.154 e. The van der Waals surface area contributed by atoms with Crippen molar-refractivity contribution in [3.05, 3.63) is 53.9 Å². The van der Waals surface area contributed by atoms with E-state index in [1.807, 2.05) is 41.8 Å². The SMILES string of the molecule is Cc1c(-c2cccc(C#N)c2)ccc2c1ncn2CC(=O)CC1NCCCC1O. The number of nitrogens with one attached hydrogen (secondary N) is 1. The number of aryl methyl sites for hydroxylation is 1. The number of ketones is 1. The molecule has 2 aromatic carbocycles. The van der Waals surface area contributed by atoms with Crippen molar-refractivity contribution in [2.24, 2.45) is 0 Å². The highest BCUT2D eigenvalue weighted by atomic mass is 16.3. The predicted octanol–water partition coefficient (Wildman–Crippen LogP) is 2.96. The van der Waals surface area contributed by atoms with Gasteiger partial charge in [-0.15, -0.1) is 0 Å². The number of aromatic nitrogens is 2. The van der Waals surface area contributed by atoms with Crippen LogP contribution >= 0.6 is 0 Å². The number of aliphatic hydroxyl groups is 1. The molecular weight excluding hydrogens is 364 g/mol. The highest BCUT2D eigenvalue weighted by molar-refractivity contribution is 5.88. The molecule has 3 aromatic rings. The van der Waals surface area contributed by atoms with Gasteiger partial charge in [0.1, 0.15) is 0 Å². The van der Waals surface area contributed by atoms with Gasteiger partial charge in [0, 0.05) is 12.5 Å². The standard InChI is InChI=1S/C23H24N4O2/c1-15-19(17-5-2-4-16(10-17)12-24)7-8-21-23(15)26-14-27(21)13-18(28)11-20-22(29)6-3-9-25-20/h2,4-5,7-8,10,14,20,22,25,29H,3,6,9,11,13H2,1H3. The van der Waals surface area contributed by atoms with Crippen LogP contribution in [0.1, 0.15) is 30.4 Å². The third kappa shape index (κ3) is 3.93. The molecule has 0 bridgehead atoms. The molecule has 1 aliphatic heterocycles. The molecule has 1 aromatic heterocycles. The Morgan fingerprint density at radius 1 is 1.38 bits per heavy atom. The second kappa shape index (κ2) is 8.16. The van der Waals surface area contributed by atoms with Crippen LogP contribution in [0, 0.1) is 18.3 Å². The Morgan fingerprint density at radius 2 is 2.24 bits per heavy atom. The summed E-state index contributed by atoms with van der Waals surface area (Å²) in [7, 11) is 0. The van der Waals surface area contributed by atoms with Crippen LogP contribution in [0.15, 0.2) is 42.7 Å². The largest absolute Gasteiger partial charge is 0.391 e. The number of carbonyl (C=O) groups excluding carboxylic acids is 1. The van der Waals surface area contributed by atoms with Gasteiger partial charge in [-0.25, -0.2) is 4.98 Å². The van der Waals surface area contributed by atoms with Gasteiger partial charge in [-0.1, -0.05) is 18.2 Å². The first-order chi connectivity index (χ1) is 14.1. The van der Waals surface area contributed by atoms with Gasteiger partial charge in [0.2, 0.25) is 0 Å². The highest BCUT2D eigenvalue weighted by Gasteiger charge is 2.25. The van der Waals surface area contributed by atoms with Gasteiger partial charge < -0.3 is 15.0 Å². The fourth-order valence-corrected chi connectivity index (χ4v) is 4.11. The molecule has 0 saturated carbocycles. The lowest BCUT2D eigenvalue weighted by Crippen LogP contribution is -2.46. The van der Waals surface area contributed by atoms with E-state index in [4.69, 9.17) is 5.26 Å². The zero-order valence-electron chi connectivity index (χ0n) is 16.4. The third-order valence-electron chi connectivity index (χ3n) is 5.69. The number of nitrogens with zero attached hydrogens (tertiary/aromatic N) is 3. The molecule has 0 radical (unpaired) electrons. The van der Waals surface area contributed by atoms with Crippen molar-refractivity contribution in [2.75, 3.05) is 6.54 Å². The Morgan fingerprint density at radius 3 is 3.03 bits per heavy atom. The van der Waals surface area contributed by atoms with Crippen LogP contribution in [0.25, 0.3) is 22.2 Å². The molecule has 0 amide bonds. The summed E-state index contributed by atoms with van der Waals surface area (Å²) >= 11 is 0. The molecule has 2 unspecified atom stereocenters.